The van der Waals surface area contributed by atoms with Gasteiger partial charge in [-0.05, 0) is 49.1 Å². The number of fused-ring (bicyclic) bond motifs is 3. The third kappa shape index (κ3) is 2.67. The second-order valence-electron chi connectivity index (χ2n) is 8.38. The normalized spacial score (nSPS) is 11.8. The fourth-order valence-corrected chi connectivity index (χ4v) is 4.51. The molecule has 0 atom stereocenters. The van der Waals surface area contributed by atoms with Gasteiger partial charge in [0.15, 0.2) is 5.69 Å². The molecule has 5 rings (SSSR count). The summed E-state index contributed by atoms with van der Waals surface area (Å²) in [4.78, 5) is 0. The SMILES string of the molecule is Cc1ccccc1-c1n(-c2c(C)cc3c(oc4ccccc43)c2C(C)C)nc[n+]1C. The van der Waals surface area contributed by atoms with Gasteiger partial charge in [-0.15, -0.1) is 0 Å². The Morgan fingerprint density at radius 2 is 1.67 bits per heavy atom. The molecule has 0 amide bonds. The van der Waals surface area contributed by atoms with E-state index in [1.54, 1.807) is 0 Å². The largest absolute Gasteiger partial charge is 0.456 e. The molecule has 0 aliphatic carbocycles. The second-order valence-corrected chi connectivity index (χ2v) is 8.38. The van der Waals surface area contributed by atoms with Crippen molar-refractivity contribution in [1.82, 2.24) is 9.78 Å². The van der Waals surface area contributed by atoms with Gasteiger partial charge in [-0.1, -0.05) is 54.9 Å². The van der Waals surface area contributed by atoms with Crippen LogP contribution in [0.4, 0.5) is 0 Å². The van der Waals surface area contributed by atoms with Crippen LogP contribution in [0.2, 0.25) is 0 Å². The van der Waals surface area contributed by atoms with Crippen LogP contribution in [-0.4, -0.2) is 9.78 Å². The maximum Gasteiger partial charge on any atom is 0.273 e. The van der Waals surface area contributed by atoms with Crippen molar-refractivity contribution in [2.45, 2.75) is 33.6 Å². The van der Waals surface area contributed by atoms with Gasteiger partial charge in [0.2, 0.25) is 0 Å². The molecule has 0 aliphatic rings. The Morgan fingerprint density at radius 1 is 0.933 bits per heavy atom. The first-order valence-corrected chi connectivity index (χ1v) is 10.4. The molecule has 2 heterocycles. The highest BCUT2D eigenvalue weighted by Gasteiger charge is 2.29. The summed E-state index contributed by atoms with van der Waals surface area (Å²) >= 11 is 0. The Labute approximate surface area is 176 Å². The summed E-state index contributed by atoms with van der Waals surface area (Å²) in [5, 5.41) is 7.14. The number of aryl methyl sites for hydroxylation is 3. The number of rotatable bonds is 3. The molecule has 0 radical (unpaired) electrons. The third-order valence-corrected chi connectivity index (χ3v) is 5.92. The quantitative estimate of drug-likeness (QED) is 0.350. The molecule has 0 saturated heterocycles. The minimum absolute atomic E-state index is 0.280. The molecule has 4 heteroatoms. The Kier molecular flexibility index (Phi) is 4.24. The number of hydrogen-bond donors (Lipinski definition) is 0. The van der Waals surface area contributed by atoms with Crippen LogP contribution in [0, 0.1) is 13.8 Å². The highest BCUT2D eigenvalue weighted by Crippen LogP contribution is 2.40. The Morgan fingerprint density at radius 3 is 2.43 bits per heavy atom. The summed E-state index contributed by atoms with van der Waals surface area (Å²) in [6.45, 7) is 8.76. The lowest BCUT2D eigenvalue weighted by Crippen LogP contribution is -2.29. The fraction of sp³-hybridized carbons (Fsp3) is 0.231. The van der Waals surface area contributed by atoms with E-state index in [2.05, 4.69) is 86.5 Å². The van der Waals surface area contributed by atoms with Gasteiger partial charge in [-0.2, -0.15) is 0 Å². The van der Waals surface area contributed by atoms with Crippen molar-refractivity contribution >= 4 is 21.9 Å². The third-order valence-electron chi connectivity index (χ3n) is 5.92. The van der Waals surface area contributed by atoms with E-state index in [-0.39, 0.29) is 5.92 Å². The molecule has 0 unspecified atom stereocenters. The highest BCUT2D eigenvalue weighted by atomic mass is 16.3. The van der Waals surface area contributed by atoms with Gasteiger partial charge in [0, 0.05) is 21.4 Å². The van der Waals surface area contributed by atoms with Crippen LogP contribution < -0.4 is 4.57 Å². The average Bonchev–Trinajstić information content (AvgIpc) is 3.27. The van der Waals surface area contributed by atoms with E-state index in [0.29, 0.717) is 0 Å². The van der Waals surface area contributed by atoms with Crippen LogP contribution in [0.5, 0.6) is 0 Å². The number of aromatic nitrogens is 3. The highest BCUT2D eigenvalue weighted by molar-refractivity contribution is 6.07. The smallest absolute Gasteiger partial charge is 0.273 e. The van der Waals surface area contributed by atoms with Gasteiger partial charge in [-0.3, -0.25) is 0 Å². The molecule has 2 aromatic heterocycles. The van der Waals surface area contributed by atoms with Crippen molar-refractivity contribution in [3.8, 4) is 17.1 Å². The fourth-order valence-electron chi connectivity index (χ4n) is 4.51. The van der Waals surface area contributed by atoms with Crippen molar-refractivity contribution in [2.24, 2.45) is 7.05 Å². The summed E-state index contributed by atoms with van der Waals surface area (Å²) in [6, 6.07) is 19.0. The molecule has 4 nitrogen and oxygen atoms in total. The zero-order valence-electron chi connectivity index (χ0n) is 18.1. The Balaban J connectivity index is 1.89. The van der Waals surface area contributed by atoms with Crippen LogP contribution in [-0.2, 0) is 7.05 Å². The predicted molar refractivity (Wildman–Crippen MR) is 121 cm³/mol. The molecule has 0 fully saturated rings. The molecule has 3 aromatic carbocycles. The standard InChI is InChI=1S/C26H26N3O/c1-16(2)23-24(18(4)14-21-20-12-8-9-13-22(20)30-25(21)23)29-26(28(5)15-27-29)19-11-7-6-10-17(19)3/h6-16H,1-5H3/q+1. The van der Waals surface area contributed by atoms with E-state index in [1.165, 1.54) is 27.6 Å². The van der Waals surface area contributed by atoms with Crippen LogP contribution in [0.25, 0.3) is 39.0 Å². The van der Waals surface area contributed by atoms with Gasteiger partial charge in [0.1, 0.15) is 11.2 Å². The van der Waals surface area contributed by atoms with E-state index in [1.807, 2.05) is 18.5 Å². The van der Waals surface area contributed by atoms with Crippen LogP contribution in [0.15, 0.2) is 65.3 Å². The first-order valence-electron chi connectivity index (χ1n) is 10.4. The predicted octanol–water partition coefficient (Wildman–Crippen LogP) is 6.00. The van der Waals surface area contributed by atoms with Crippen LogP contribution >= 0.6 is 0 Å². The van der Waals surface area contributed by atoms with E-state index in [9.17, 15) is 0 Å². The lowest BCUT2D eigenvalue weighted by atomic mass is 9.94. The average molecular weight is 397 g/mol. The monoisotopic (exact) mass is 396 g/mol. The molecule has 30 heavy (non-hydrogen) atoms. The number of nitrogens with zero attached hydrogens (tertiary/aromatic N) is 3. The van der Waals surface area contributed by atoms with Crippen molar-refractivity contribution in [3.05, 3.63) is 77.6 Å². The lowest BCUT2D eigenvalue weighted by Gasteiger charge is -2.14. The van der Waals surface area contributed by atoms with Gasteiger partial charge < -0.3 is 4.42 Å². The molecule has 0 aliphatic heterocycles. The molecular formula is C26H26N3O+. The minimum atomic E-state index is 0.280. The number of hydrogen-bond acceptors (Lipinski definition) is 2. The maximum absolute atomic E-state index is 6.39. The number of benzene rings is 3. The topological polar surface area (TPSA) is 34.8 Å². The zero-order valence-corrected chi connectivity index (χ0v) is 18.1. The minimum Gasteiger partial charge on any atom is -0.456 e. The summed E-state index contributed by atoms with van der Waals surface area (Å²) in [6.07, 6.45) is 1.88. The molecule has 0 spiro atoms. The van der Waals surface area contributed by atoms with Gasteiger partial charge in [0.05, 0.1) is 12.6 Å². The van der Waals surface area contributed by atoms with E-state index < -0.39 is 0 Å². The van der Waals surface area contributed by atoms with Crippen molar-refractivity contribution in [1.29, 1.82) is 0 Å². The summed E-state index contributed by atoms with van der Waals surface area (Å²) in [7, 11) is 2.05. The number of furan rings is 1. The number of para-hydroxylation sites is 1. The summed E-state index contributed by atoms with van der Waals surface area (Å²) in [5.41, 5.74) is 7.78. The van der Waals surface area contributed by atoms with E-state index in [0.717, 1.165) is 28.1 Å². The Hall–Kier alpha value is -3.40. The van der Waals surface area contributed by atoms with Gasteiger partial charge in [0.25, 0.3) is 12.2 Å². The molecule has 5 aromatic rings. The molecule has 150 valence electrons. The summed E-state index contributed by atoms with van der Waals surface area (Å²) in [5.74, 6) is 1.34. The van der Waals surface area contributed by atoms with E-state index >= 15 is 0 Å². The molecule has 0 N–H and O–H groups in total. The van der Waals surface area contributed by atoms with Crippen LogP contribution in [0.1, 0.15) is 36.5 Å². The first kappa shape index (κ1) is 18.6. The van der Waals surface area contributed by atoms with Gasteiger partial charge in [-0.25, -0.2) is 4.57 Å². The molecule has 0 bridgehead atoms. The van der Waals surface area contributed by atoms with E-state index in [4.69, 9.17) is 9.52 Å². The molecule has 0 saturated carbocycles. The van der Waals surface area contributed by atoms with Crippen molar-refractivity contribution < 1.29 is 8.98 Å². The lowest BCUT2D eigenvalue weighted by molar-refractivity contribution is -0.660. The first-order chi connectivity index (χ1) is 14.5. The van der Waals surface area contributed by atoms with Gasteiger partial charge >= 0.3 is 0 Å². The summed E-state index contributed by atoms with van der Waals surface area (Å²) < 4.78 is 10.6. The Bertz CT molecular complexity index is 1410. The zero-order chi connectivity index (χ0) is 21.0. The van der Waals surface area contributed by atoms with Crippen molar-refractivity contribution in [2.75, 3.05) is 0 Å². The van der Waals surface area contributed by atoms with Crippen molar-refractivity contribution in [3.63, 3.8) is 0 Å². The van der Waals surface area contributed by atoms with Crippen LogP contribution in [0.3, 0.4) is 0 Å². The molecular weight excluding hydrogens is 370 g/mol. The maximum atomic E-state index is 6.39. The second kappa shape index (κ2) is 6.84.